The number of aromatic nitrogens is 1. The number of aromatic amines is 1. The van der Waals surface area contributed by atoms with Crippen molar-refractivity contribution < 1.29 is 8.78 Å². The first kappa shape index (κ1) is 8.87. The molecule has 0 fully saturated rings. The number of hydrogen-bond acceptors (Lipinski definition) is 1. The monoisotopic (exact) mass is 195 g/mol. The number of benzene rings is 1. The Morgan fingerprint density at radius 3 is 2.64 bits per heavy atom. The van der Waals surface area contributed by atoms with Gasteiger partial charge in [-0.05, 0) is 18.6 Å². The molecule has 72 valence electrons. The van der Waals surface area contributed by atoms with E-state index in [0.29, 0.717) is 11.1 Å². The summed E-state index contributed by atoms with van der Waals surface area (Å²) in [5.41, 5.74) is -0.121. The van der Waals surface area contributed by atoms with E-state index in [1.807, 2.05) is 0 Å². The Hall–Kier alpha value is -1.71. The highest BCUT2D eigenvalue weighted by molar-refractivity contribution is 5.82. The van der Waals surface area contributed by atoms with Crippen LogP contribution >= 0.6 is 0 Å². The molecular formula is C10H7F2NO. The SMILES string of the molecule is Cc1cccc2[nH]c(=O)c(F)c(F)c12. The molecule has 4 heteroatoms. The van der Waals surface area contributed by atoms with Gasteiger partial charge in [-0.2, -0.15) is 4.39 Å². The fourth-order valence-electron chi connectivity index (χ4n) is 1.45. The third-order valence-corrected chi connectivity index (χ3v) is 2.13. The number of pyridine rings is 1. The molecule has 14 heavy (non-hydrogen) atoms. The molecular weight excluding hydrogens is 188 g/mol. The first-order valence-electron chi connectivity index (χ1n) is 4.08. The van der Waals surface area contributed by atoms with Gasteiger partial charge in [0, 0.05) is 5.39 Å². The molecule has 0 unspecified atom stereocenters. The van der Waals surface area contributed by atoms with Crippen molar-refractivity contribution in [2.75, 3.05) is 0 Å². The van der Waals surface area contributed by atoms with Crippen LogP contribution in [-0.2, 0) is 0 Å². The number of fused-ring (bicyclic) bond motifs is 1. The Kier molecular flexibility index (Phi) is 1.84. The van der Waals surface area contributed by atoms with Gasteiger partial charge in [-0.15, -0.1) is 0 Å². The van der Waals surface area contributed by atoms with Gasteiger partial charge in [0.25, 0.3) is 5.56 Å². The van der Waals surface area contributed by atoms with Crippen molar-refractivity contribution in [1.82, 2.24) is 4.98 Å². The second-order valence-electron chi connectivity index (χ2n) is 3.08. The highest BCUT2D eigenvalue weighted by Crippen LogP contribution is 2.19. The molecule has 1 aromatic carbocycles. The van der Waals surface area contributed by atoms with E-state index < -0.39 is 17.2 Å². The molecule has 0 aliphatic rings. The minimum Gasteiger partial charge on any atom is -0.319 e. The second-order valence-corrected chi connectivity index (χ2v) is 3.08. The van der Waals surface area contributed by atoms with Gasteiger partial charge in [0.2, 0.25) is 5.82 Å². The van der Waals surface area contributed by atoms with Crippen LogP contribution in [0.5, 0.6) is 0 Å². The Labute approximate surface area is 78.2 Å². The highest BCUT2D eigenvalue weighted by Gasteiger charge is 2.12. The summed E-state index contributed by atoms with van der Waals surface area (Å²) in [7, 11) is 0. The summed E-state index contributed by atoms with van der Waals surface area (Å²) in [6.45, 7) is 1.66. The largest absolute Gasteiger partial charge is 0.319 e. The van der Waals surface area contributed by atoms with Gasteiger partial charge in [0.05, 0.1) is 5.52 Å². The lowest BCUT2D eigenvalue weighted by Crippen LogP contribution is -2.13. The summed E-state index contributed by atoms with van der Waals surface area (Å²) in [6, 6.07) is 4.86. The van der Waals surface area contributed by atoms with E-state index in [1.165, 1.54) is 6.07 Å². The van der Waals surface area contributed by atoms with Crippen molar-refractivity contribution in [3.05, 3.63) is 45.8 Å². The quantitative estimate of drug-likeness (QED) is 0.686. The van der Waals surface area contributed by atoms with Crippen LogP contribution in [0, 0.1) is 18.6 Å². The summed E-state index contributed by atoms with van der Waals surface area (Å²) in [4.78, 5) is 13.2. The maximum atomic E-state index is 13.3. The van der Waals surface area contributed by atoms with Crippen LogP contribution in [0.15, 0.2) is 23.0 Å². The molecule has 0 radical (unpaired) electrons. The summed E-state index contributed by atoms with van der Waals surface area (Å²) >= 11 is 0. The van der Waals surface area contributed by atoms with Crippen molar-refractivity contribution in [3.63, 3.8) is 0 Å². The van der Waals surface area contributed by atoms with Gasteiger partial charge in [-0.1, -0.05) is 12.1 Å². The van der Waals surface area contributed by atoms with Crippen molar-refractivity contribution in [1.29, 1.82) is 0 Å². The van der Waals surface area contributed by atoms with Crippen LogP contribution in [0.1, 0.15) is 5.56 Å². The zero-order chi connectivity index (χ0) is 10.3. The number of nitrogens with one attached hydrogen (secondary N) is 1. The number of halogens is 2. The predicted molar refractivity (Wildman–Crippen MR) is 49.2 cm³/mol. The van der Waals surface area contributed by atoms with Crippen LogP contribution < -0.4 is 5.56 Å². The van der Waals surface area contributed by atoms with Crippen molar-refractivity contribution in [2.45, 2.75) is 6.92 Å². The summed E-state index contributed by atoms with van der Waals surface area (Å²) in [6.07, 6.45) is 0. The smallest absolute Gasteiger partial charge is 0.287 e. The summed E-state index contributed by atoms with van der Waals surface area (Å²) in [5, 5.41) is 0.129. The standard InChI is InChI=1S/C10H7F2NO/c1-5-3-2-4-6-7(5)8(11)9(12)10(14)13-6/h2-4H,1H3,(H,13,14). The van der Waals surface area contributed by atoms with Crippen molar-refractivity contribution in [2.24, 2.45) is 0 Å². The number of aryl methyl sites for hydroxylation is 1. The first-order valence-corrected chi connectivity index (χ1v) is 4.08. The zero-order valence-electron chi connectivity index (χ0n) is 7.40. The number of rotatable bonds is 0. The van der Waals surface area contributed by atoms with E-state index in [0.717, 1.165) is 0 Å². The van der Waals surface area contributed by atoms with Gasteiger partial charge in [-0.3, -0.25) is 4.79 Å². The lowest BCUT2D eigenvalue weighted by atomic mass is 10.1. The number of H-pyrrole nitrogens is 1. The van der Waals surface area contributed by atoms with Crippen LogP contribution in [0.25, 0.3) is 10.9 Å². The summed E-state index contributed by atoms with van der Waals surface area (Å²) < 4.78 is 26.2. The first-order chi connectivity index (χ1) is 6.61. The molecule has 0 amide bonds. The van der Waals surface area contributed by atoms with E-state index in [4.69, 9.17) is 0 Å². The van der Waals surface area contributed by atoms with Crippen LogP contribution in [0.2, 0.25) is 0 Å². The van der Waals surface area contributed by atoms with E-state index in [2.05, 4.69) is 4.98 Å². The average Bonchev–Trinajstić information content (AvgIpc) is 2.14. The van der Waals surface area contributed by atoms with Crippen LogP contribution in [-0.4, -0.2) is 4.98 Å². The van der Waals surface area contributed by atoms with Gasteiger partial charge in [0.15, 0.2) is 5.82 Å². The molecule has 0 aliphatic heterocycles. The van der Waals surface area contributed by atoms with E-state index in [9.17, 15) is 13.6 Å². The lowest BCUT2D eigenvalue weighted by molar-refractivity contribution is 0.505. The molecule has 0 saturated heterocycles. The Morgan fingerprint density at radius 1 is 1.21 bits per heavy atom. The second kappa shape index (κ2) is 2.90. The third-order valence-electron chi connectivity index (χ3n) is 2.13. The molecule has 0 aliphatic carbocycles. The minimum absolute atomic E-state index is 0.129. The van der Waals surface area contributed by atoms with Gasteiger partial charge in [-0.25, -0.2) is 4.39 Å². The normalized spacial score (nSPS) is 10.8. The Bertz CT molecular complexity index is 560. The molecule has 1 heterocycles. The molecule has 2 aromatic rings. The molecule has 1 N–H and O–H groups in total. The maximum Gasteiger partial charge on any atom is 0.287 e. The fraction of sp³-hybridized carbons (Fsp3) is 0.100. The van der Waals surface area contributed by atoms with Crippen LogP contribution in [0.4, 0.5) is 8.78 Å². The van der Waals surface area contributed by atoms with Gasteiger partial charge >= 0.3 is 0 Å². The van der Waals surface area contributed by atoms with Crippen molar-refractivity contribution in [3.8, 4) is 0 Å². The molecule has 0 spiro atoms. The van der Waals surface area contributed by atoms with Gasteiger partial charge in [0.1, 0.15) is 0 Å². The minimum atomic E-state index is -1.35. The molecule has 0 atom stereocenters. The topological polar surface area (TPSA) is 32.9 Å². The van der Waals surface area contributed by atoms with E-state index >= 15 is 0 Å². The van der Waals surface area contributed by atoms with Crippen LogP contribution in [0.3, 0.4) is 0 Å². The van der Waals surface area contributed by atoms with E-state index in [-0.39, 0.29) is 5.39 Å². The van der Waals surface area contributed by atoms with E-state index in [1.54, 1.807) is 19.1 Å². The average molecular weight is 195 g/mol. The molecule has 0 bridgehead atoms. The fourth-order valence-corrected chi connectivity index (χ4v) is 1.45. The predicted octanol–water partition coefficient (Wildman–Crippen LogP) is 2.11. The number of hydrogen-bond donors (Lipinski definition) is 1. The Morgan fingerprint density at radius 2 is 1.93 bits per heavy atom. The zero-order valence-corrected chi connectivity index (χ0v) is 7.40. The maximum absolute atomic E-state index is 13.3. The van der Waals surface area contributed by atoms with Crippen molar-refractivity contribution >= 4 is 10.9 Å². The molecule has 1 aromatic heterocycles. The molecule has 2 rings (SSSR count). The molecule has 2 nitrogen and oxygen atoms in total. The third kappa shape index (κ3) is 1.11. The van der Waals surface area contributed by atoms with Gasteiger partial charge < -0.3 is 4.98 Å². The lowest BCUT2D eigenvalue weighted by Gasteiger charge is -2.02. The summed E-state index contributed by atoms with van der Waals surface area (Å²) in [5.74, 6) is -2.44. The highest BCUT2D eigenvalue weighted by atomic mass is 19.2. The molecule has 0 saturated carbocycles. The Balaban J connectivity index is 3.07.